The van der Waals surface area contributed by atoms with Crippen LogP contribution in [0.2, 0.25) is 10.0 Å². The fourth-order valence-corrected chi connectivity index (χ4v) is 3.34. The van der Waals surface area contributed by atoms with E-state index in [0.717, 1.165) is 11.1 Å². The molecule has 0 aliphatic heterocycles. The van der Waals surface area contributed by atoms with Crippen molar-refractivity contribution in [3.8, 4) is 22.4 Å². The van der Waals surface area contributed by atoms with Crippen LogP contribution in [0.5, 0.6) is 0 Å². The lowest BCUT2D eigenvalue weighted by Crippen LogP contribution is -2.36. The molecule has 0 saturated carbocycles. The van der Waals surface area contributed by atoms with Crippen LogP contribution in [0.4, 0.5) is 4.39 Å². The predicted molar refractivity (Wildman–Crippen MR) is 118 cm³/mol. The smallest absolute Gasteiger partial charge is 0.303 e. The first-order chi connectivity index (χ1) is 15.0. The Bertz CT molecular complexity index is 1230. The zero-order valence-corrected chi connectivity index (χ0v) is 17.5. The van der Waals surface area contributed by atoms with Crippen LogP contribution in [0.3, 0.4) is 0 Å². The van der Waals surface area contributed by atoms with E-state index < -0.39 is 5.91 Å². The number of carbonyl (C=O) groups is 1. The molecule has 0 aliphatic carbocycles. The van der Waals surface area contributed by atoms with E-state index in [4.69, 9.17) is 27.7 Å². The van der Waals surface area contributed by atoms with E-state index in [2.05, 4.69) is 16.0 Å². The molecule has 5 nitrogen and oxygen atoms in total. The lowest BCUT2D eigenvalue weighted by Gasteiger charge is -2.08. The molecule has 0 spiro atoms. The van der Waals surface area contributed by atoms with Crippen molar-refractivity contribution in [1.29, 1.82) is 0 Å². The maximum atomic E-state index is 14.0. The fourth-order valence-electron chi connectivity index (χ4n) is 2.98. The highest BCUT2D eigenvalue weighted by Crippen LogP contribution is 2.26. The van der Waals surface area contributed by atoms with Gasteiger partial charge in [0, 0.05) is 33.8 Å². The standard InChI is InChI=1S/C23H16Cl2FN3O2/c24-17-3-1-2-16(10-17)21-12-22(31-29-21)23(30)28-27-13-14-4-6-15(7-5-14)19-11-18(25)8-9-20(19)26/h1-12,27H,13H2,(H,28,30). The van der Waals surface area contributed by atoms with Gasteiger partial charge in [-0.2, -0.15) is 0 Å². The molecule has 4 aromatic rings. The molecular formula is C23H16Cl2FN3O2. The first-order valence-electron chi connectivity index (χ1n) is 9.30. The molecule has 1 amide bonds. The third kappa shape index (κ3) is 5.11. The van der Waals surface area contributed by atoms with Gasteiger partial charge in [0.2, 0.25) is 5.76 Å². The third-order valence-electron chi connectivity index (χ3n) is 4.54. The third-order valence-corrected chi connectivity index (χ3v) is 5.01. The Morgan fingerprint density at radius 2 is 1.71 bits per heavy atom. The summed E-state index contributed by atoms with van der Waals surface area (Å²) >= 11 is 11.9. The largest absolute Gasteiger partial charge is 0.350 e. The highest BCUT2D eigenvalue weighted by molar-refractivity contribution is 6.31. The summed E-state index contributed by atoms with van der Waals surface area (Å²) in [4.78, 5) is 12.3. The Morgan fingerprint density at radius 3 is 2.48 bits per heavy atom. The van der Waals surface area contributed by atoms with Gasteiger partial charge in [-0.15, -0.1) is 0 Å². The fraction of sp³-hybridized carbons (Fsp3) is 0.0435. The number of halogens is 3. The van der Waals surface area contributed by atoms with Gasteiger partial charge >= 0.3 is 5.91 Å². The number of aromatic nitrogens is 1. The van der Waals surface area contributed by atoms with Gasteiger partial charge in [-0.05, 0) is 41.5 Å². The molecule has 0 aliphatic rings. The minimum atomic E-state index is -0.460. The normalized spacial score (nSPS) is 10.8. The van der Waals surface area contributed by atoms with Gasteiger partial charge in [0.25, 0.3) is 0 Å². The molecule has 0 unspecified atom stereocenters. The summed E-state index contributed by atoms with van der Waals surface area (Å²) in [5.41, 5.74) is 8.69. The predicted octanol–water partition coefficient (Wildman–Crippen LogP) is 5.89. The molecule has 156 valence electrons. The van der Waals surface area contributed by atoms with Gasteiger partial charge in [0.1, 0.15) is 11.5 Å². The van der Waals surface area contributed by atoms with Crippen molar-refractivity contribution in [3.63, 3.8) is 0 Å². The molecule has 0 saturated heterocycles. The number of hydrogen-bond donors (Lipinski definition) is 2. The number of nitrogens with zero attached hydrogens (tertiary/aromatic N) is 1. The Kier molecular flexibility index (Phi) is 6.32. The maximum absolute atomic E-state index is 14.0. The summed E-state index contributed by atoms with van der Waals surface area (Å²) in [7, 11) is 0. The van der Waals surface area contributed by atoms with Crippen LogP contribution in [0.15, 0.2) is 77.3 Å². The van der Waals surface area contributed by atoms with Crippen molar-refractivity contribution in [2.45, 2.75) is 6.54 Å². The van der Waals surface area contributed by atoms with Gasteiger partial charge < -0.3 is 4.52 Å². The number of hydrogen-bond acceptors (Lipinski definition) is 4. The Labute approximate surface area is 187 Å². The van der Waals surface area contributed by atoms with Crippen molar-refractivity contribution in [1.82, 2.24) is 16.0 Å². The van der Waals surface area contributed by atoms with E-state index in [1.54, 1.807) is 36.4 Å². The molecule has 2 N–H and O–H groups in total. The second kappa shape index (κ2) is 9.31. The highest BCUT2D eigenvalue weighted by Gasteiger charge is 2.14. The molecule has 3 aromatic carbocycles. The van der Waals surface area contributed by atoms with E-state index in [1.807, 2.05) is 18.2 Å². The van der Waals surface area contributed by atoms with Gasteiger partial charge in [-0.3, -0.25) is 10.2 Å². The first-order valence-corrected chi connectivity index (χ1v) is 10.1. The first kappa shape index (κ1) is 21.1. The monoisotopic (exact) mass is 455 g/mol. The van der Waals surface area contributed by atoms with Crippen LogP contribution in [-0.4, -0.2) is 11.1 Å². The van der Waals surface area contributed by atoms with Crippen molar-refractivity contribution in [2.24, 2.45) is 0 Å². The molecule has 31 heavy (non-hydrogen) atoms. The van der Waals surface area contributed by atoms with Crippen molar-refractivity contribution in [3.05, 3.63) is 100.0 Å². The quantitative estimate of drug-likeness (QED) is 0.355. The molecule has 0 fully saturated rings. The minimum Gasteiger partial charge on any atom is -0.350 e. The van der Waals surface area contributed by atoms with Gasteiger partial charge in [-0.1, -0.05) is 64.8 Å². The van der Waals surface area contributed by atoms with Crippen molar-refractivity contribution in [2.75, 3.05) is 0 Å². The topological polar surface area (TPSA) is 67.2 Å². The molecular weight excluding hydrogens is 440 g/mol. The second-order valence-corrected chi connectivity index (χ2v) is 7.59. The van der Waals surface area contributed by atoms with Gasteiger partial charge in [0.05, 0.1) is 0 Å². The number of rotatable bonds is 6. The van der Waals surface area contributed by atoms with Crippen molar-refractivity contribution >= 4 is 29.1 Å². The number of carbonyl (C=O) groups excluding carboxylic acids is 1. The molecule has 4 rings (SSSR count). The summed E-state index contributed by atoms with van der Waals surface area (Å²) in [6, 6.07) is 20.3. The zero-order chi connectivity index (χ0) is 21.8. The van der Waals surface area contributed by atoms with Crippen LogP contribution in [0.1, 0.15) is 16.1 Å². The number of nitrogens with one attached hydrogen (secondary N) is 2. The van der Waals surface area contributed by atoms with Gasteiger partial charge in [0.15, 0.2) is 0 Å². The average molecular weight is 456 g/mol. The number of hydrazine groups is 1. The van der Waals surface area contributed by atoms with Crippen LogP contribution < -0.4 is 10.9 Å². The molecule has 0 radical (unpaired) electrons. The van der Waals surface area contributed by atoms with Crippen LogP contribution in [0, 0.1) is 5.82 Å². The highest BCUT2D eigenvalue weighted by atomic mass is 35.5. The SMILES string of the molecule is O=C(NNCc1ccc(-c2cc(Cl)ccc2F)cc1)c1cc(-c2cccc(Cl)c2)no1. The summed E-state index contributed by atoms with van der Waals surface area (Å²) < 4.78 is 19.1. The van der Waals surface area contributed by atoms with E-state index in [9.17, 15) is 9.18 Å². The van der Waals surface area contributed by atoms with E-state index in [0.29, 0.717) is 33.4 Å². The average Bonchev–Trinajstić information content (AvgIpc) is 3.26. The Morgan fingerprint density at radius 1 is 0.935 bits per heavy atom. The summed E-state index contributed by atoms with van der Waals surface area (Å²) in [5, 5.41) is 4.94. The van der Waals surface area contributed by atoms with Gasteiger partial charge in [-0.25, -0.2) is 9.82 Å². The van der Waals surface area contributed by atoms with E-state index in [1.165, 1.54) is 18.2 Å². The number of benzene rings is 3. The summed E-state index contributed by atoms with van der Waals surface area (Å²) in [5.74, 6) is -0.737. The Balaban J connectivity index is 1.34. The molecule has 0 bridgehead atoms. The number of amides is 1. The maximum Gasteiger partial charge on any atom is 0.303 e. The lowest BCUT2D eigenvalue weighted by molar-refractivity contribution is 0.0895. The lowest BCUT2D eigenvalue weighted by atomic mass is 10.0. The summed E-state index contributed by atoms with van der Waals surface area (Å²) in [6.45, 7) is 0.360. The summed E-state index contributed by atoms with van der Waals surface area (Å²) in [6.07, 6.45) is 0. The van der Waals surface area contributed by atoms with E-state index >= 15 is 0 Å². The van der Waals surface area contributed by atoms with Crippen LogP contribution >= 0.6 is 23.2 Å². The molecule has 1 aromatic heterocycles. The second-order valence-electron chi connectivity index (χ2n) is 6.72. The molecule has 1 heterocycles. The van der Waals surface area contributed by atoms with Crippen LogP contribution in [-0.2, 0) is 6.54 Å². The molecule has 8 heteroatoms. The zero-order valence-electron chi connectivity index (χ0n) is 16.0. The van der Waals surface area contributed by atoms with Crippen LogP contribution in [0.25, 0.3) is 22.4 Å². The van der Waals surface area contributed by atoms with E-state index in [-0.39, 0.29) is 11.6 Å². The van der Waals surface area contributed by atoms with Crippen molar-refractivity contribution < 1.29 is 13.7 Å². The minimum absolute atomic E-state index is 0.0641. The molecule has 0 atom stereocenters. The Hall–Kier alpha value is -3.19.